The van der Waals surface area contributed by atoms with Crippen LogP contribution in [0, 0.1) is 28.6 Å². The zero-order chi connectivity index (χ0) is 26.7. The predicted molar refractivity (Wildman–Crippen MR) is 147 cm³/mol. The molecular formula is C31H47N3O4. The molecule has 5 fully saturated rings. The number of nitrogens with one attached hydrogen (secondary N) is 1. The van der Waals surface area contributed by atoms with Gasteiger partial charge in [0.2, 0.25) is 0 Å². The molecule has 7 heteroatoms. The summed E-state index contributed by atoms with van der Waals surface area (Å²) in [5, 5.41) is 15.9. The van der Waals surface area contributed by atoms with Crippen molar-refractivity contribution in [2.45, 2.75) is 95.6 Å². The summed E-state index contributed by atoms with van der Waals surface area (Å²) in [6.45, 7) is 8.47. The van der Waals surface area contributed by atoms with Crippen LogP contribution in [-0.4, -0.2) is 65.8 Å². The molecule has 4 saturated carbocycles. The molecule has 8 atom stereocenters. The number of urea groups is 1. The maximum atomic E-state index is 13.1. The van der Waals surface area contributed by atoms with Crippen molar-refractivity contribution in [1.82, 2.24) is 15.1 Å². The summed E-state index contributed by atoms with van der Waals surface area (Å²) in [7, 11) is 2.14. The molecule has 1 aliphatic heterocycles. The minimum atomic E-state index is -0.671. The Bertz CT molecular complexity index is 1090. The van der Waals surface area contributed by atoms with Crippen molar-refractivity contribution in [2.24, 2.45) is 28.6 Å². The highest BCUT2D eigenvalue weighted by Gasteiger charge is 2.67. The van der Waals surface area contributed by atoms with Crippen LogP contribution in [0.25, 0.3) is 0 Å². The van der Waals surface area contributed by atoms with Crippen LogP contribution in [-0.2, 0) is 0 Å². The zero-order valence-corrected chi connectivity index (χ0v) is 23.6. The normalized spacial score (nSPS) is 43.5. The third kappa shape index (κ3) is 4.14. The molecule has 0 bridgehead atoms. The Hall–Kier alpha value is -1.86. The van der Waals surface area contributed by atoms with E-state index in [2.05, 4.69) is 31.1 Å². The fourth-order valence-electron chi connectivity index (χ4n) is 9.97. The highest BCUT2D eigenvalue weighted by atomic mass is 16.4. The first-order valence-corrected chi connectivity index (χ1v) is 15.2. The van der Waals surface area contributed by atoms with E-state index in [1.807, 2.05) is 11.0 Å². The summed E-state index contributed by atoms with van der Waals surface area (Å²) in [5.41, 5.74) is 0.116. The van der Waals surface area contributed by atoms with Gasteiger partial charge in [0.15, 0.2) is 0 Å². The zero-order valence-electron chi connectivity index (χ0n) is 23.6. The number of hydrogen-bond donors (Lipinski definition) is 2. The topological polar surface area (TPSA) is 86.0 Å². The number of rotatable bonds is 2. The maximum Gasteiger partial charge on any atom is 0.335 e. The second-order valence-corrected chi connectivity index (χ2v) is 13.9. The van der Waals surface area contributed by atoms with E-state index in [0.717, 1.165) is 96.0 Å². The summed E-state index contributed by atoms with van der Waals surface area (Å²) in [5.74, 6) is 1.69. The summed E-state index contributed by atoms with van der Waals surface area (Å²) in [4.78, 5) is 29.0. The molecule has 38 heavy (non-hydrogen) atoms. The molecule has 2 N–H and O–H groups in total. The molecule has 2 heterocycles. The van der Waals surface area contributed by atoms with Crippen LogP contribution in [0.15, 0.2) is 27.6 Å². The predicted octanol–water partition coefficient (Wildman–Crippen LogP) is 4.60. The second kappa shape index (κ2) is 9.65. The van der Waals surface area contributed by atoms with Crippen molar-refractivity contribution in [3.05, 3.63) is 34.4 Å². The first-order chi connectivity index (χ1) is 18.1. The monoisotopic (exact) mass is 525 g/mol. The highest BCUT2D eigenvalue weighted by molar-refractivity contribution is 5.74. The van der Waals surface area contributed by atoms with Gasteiger partial charge in [-0.25, -0.2) is 9.59 Å². The molecule has 7 nitrogen and oxygen atoms in total. The van der Waals surface area contributed by atoms with Gasteiger partial charge in [-0.2, -0.15) is 0 Å². The lowest BCUT2D eigenvalue weighted by atomic mass is 9.43. The summed E-state index contributed by atoms with van der Waals surface area (Å²) in [6, 6.07) is 3.82. The van der Waals surface area contributed by atoms with E-state index in [0.29, 0.717) is 17.8 Å². The highest BCUT2D eigenvalue weighted by Crippen LogP contribution is 2.70. The molecular weight excluding hydrogens is 478 g/mol. The number of amides is 2. The Kier molecular flexibility index (Phi) is 6.70. The van der Waals surface area contributed by atoms with E-state index in [4.69, 9.17) is 4.42 Å². The van der Waals surface area contributed by atoms with E-state index in [1.54, 1.807) is 6.26 Å². The van der Waals surface area contributed by atoms with E-state index < -0.39 is 5.60 Å². The first-order valence-electron chi connectivity index (χ1n) is 15.2. The Morgan fingerprint density at radius 2 is 1.84 bits per heavy atom. The maximum absolute atomic E-state index is 13.1. The average molecular weight is 526 g/mol. The van der Waals surface area contributed by atoms with Crippen molar-refractivity contribution in [2.75, 3.05) is 33.2 Å². The second-order valence-electron chi connectivity index (χ2n) is 13.9. The van der Waals surface area contributed by atoms with Gasteiger partial charge in [-0.1, -0.05) is 13.8 Å². The smallest absolute Gasteiger partial charge is 0.335 e. The number of aliphatic hydroxyl groups is 1. The van der Waals surface area contributed by atoms with Crippen molar-refractivity contribution in [3.8, 4) is 0 Å². The van der Waals surface area contributed by atoms with Crippen LogP contribution in [0.4, 0.5) is 4.79 Å². The summed E-state index contributed by atoms with van der Waals surface area (Å²) < 4.78 is 5.24. The van der Waals surface area contributed by atoms with Gasteiger partial charge in [0, 0.05) is 37.2 Å². The van der Waals surface area contributed by atoms with E-state index in [1.165, 1.54) is 6.07 Å². The van der Waals surface area contributed by atoms with E-state index in [-0.39, 0.29) is 34.4 Å². The molecule has 5 aliphatic rings. The lowest BCUT2D eigenvalue weighted by Gasteiger charge is -2.63. The largest absolute Gasteiger partial charge is 0.431 e. The average Bonchev–Trinajstić information content (AvgIpc) is 3.01. The van der Waals surface area contributed by atoms with Crippen LogP contribution >= 0.6 is 0 Å². The summed E-state index contributed by atoms with van der Waals surface area (Å²) >= 11 is 0. The van der Waals surface area contributed by atoms with Crippen LogP contribution < -0.4 is 10.9 Å². The first kappa shape index (κ1) is 26.4. The van der Waals surface area contributed by atoms with Crippen molar-refractivity contribution < 1.29 is 14.3 Å². The molecule has 2 amide bonds. The third-order valence-corrected chi connectivity index (χ3v) is 12.3. The quantitative estimate of drug-likeness (QED) is 0.590. The molecule has 210 valence electrons. The van der Waals surface area contributed by atoms with Crippen molar-refractivity contribution in [1.29, 1.82) is 0 Å². The van der Waals surface area contributed by atoms with E-state index >= 15 is 0 Å². The standard InChI is InChI=1S/C31H47N3O4/c1-29-12-9-23(32-28(36)34-16-4-15-33(3)17-18-34)19-22(29)6-7-26-25(29)10-13-30(2)24(11-14-31(26,30)37)21-5-8-27(35)38-20-21/h5,8,20,22-26,37H,4,6-7,9-19H2,1-3H3,(H,32,36)/t22-,23+,24-,25+,26-,29+,30-,31+/m1/s1. The van der Waals surface area contributed by atoms with Gasteiger partial charge in [-0.3, -0.25) is 0 Å². The molecule has 1 aromatic heterocycles. The number of hydrogen-bond acceptors (Lipinski definition) is 5. The van der Waals surface area contributed by atoms with Gasteiger partial charge in [0.25, 0.3) is 0 Å². The molecule has 0 unspecified atom stereocenters. The Morgan fingerprint density at radius 1 is 1.00 bits per heavy atom. The fraction of sp³-hybridized carbons (Fsp3) is 0.806. The van der Waals surface area contributed by atoms with Gasteiger partial charge in [0.1, 0.15) is 0 Å². The van der Waals surface area contributed by atoms with Gasteiger partial charge >= 0.3 is 11.7 Å². The molecule has 0 aromatic carbocycles. The van der Waals surface area contributed by atoms with Gasteiger partial charge in [-0.15, -0.1) is 0 Å². The third-order valence-electron chi connectivity index (χ3n) is 12.3. The number of fused-ring (bicyclic) bond motifs is 5. The minimum absolute atomic E-state index is 0.124. The van der Waals surface area contributed by atoms with Gasteiger partial charge in [0.05, 0.1) is 11.9 Å². The Morgan fingerprint density at radius 3 is 2.63 bits per heavy atom. The Balaban J connectivity index is 1.14. The van der Waals surface area contributed by atoms with Gasteiger partial charge in [-0.05, 0) is 119 Å². The van der Waals surface area contributed by atoms with Crippen LogP contribution in [0.5, 0.6) is 0 Å². The van der Waals surface area contributed by atoms with Gasteiger partial charge < -0.3 is 24.6 Å². The Labute approximate surface area is 227 Å². The lowest BCUT2D eigenvalue weighted by Crippen LogP contribution is -2.62. The SMILES string of the molecule is CN1CCCN(C(=O)N[C@H]2CC[C@@]3(C)[C@H](CC[C@@H]4[C@@H]3CC[C@]3(C)[C@@H](c5ccc(=O)oc5)CC[C@]43O)C2)CC1. The lowest BCUT2D eigenvalue weighted by molar-refractivity contribution is -0.201. The number of carbonyl (C=O) groups excluding carboxylic acids is 1. The number of carbonyl (C=O) groups is 1. The van der Waals surface area contributed by atoms with E-state index in [9.17, 15) is 14.7 Å². The van der Waals surface area contributed by atoms with Crippen LogP contribution in [0.1, 0.15) is 89.5 Å². The van der Waals surface area contributed by atoms with Crippen LogP contribution in [0.2, 0.25) is 0 Å². The summed E-state index contributed by atoms with van der Waals surface area (Å²) in [6.07, 6.45) is 12.1. The molecule has 6 rings (SSSR count). The number of nitrogens with zero attached hydrogens (tertiary/aromatic N) is 2. The molecule has 1 aromatic rings. The molecule has 0 radical (unpaired) electrons. The van der Waals surface area contributed by atoms with Crippen molar-refractivity contribution >= 4 is 6.03 Å². The minimum Gasteiger partial charge on any atom is -0.431 e. The molecule has 0 spiro atoms. The molecule has 1 saturated heterocycles. The number of likely N-dealkylation sites (N-methyl/N-ethyl adjacent to an activating group) is 1. The van der Waals surface area contributed by atoms with Crippen molar-refractivity contribution in [3.63, 3.8) is 0 Å². The van der Waals surface area contributed by atoms with Crippen LogP contribution in [0.3, 0.4) is 0 Å². The fourth-order valence-corrected chi connectivity index (χ4v) is 9.97. The molecule has 4 aliphatic carbocycles.